The summed E-state index contributed by atoms with van der Waals surface area (Å²) in [5, 5.41) is 2.81. The Morgan fingerprint density at radius 3 is 2.24 bits per heavy atom. The van der Waals surface area contributed by atoms with Gasteiger partial charge in [-0.2, -0.15) is 0 Å². The summed E-state index contributed by atoms with van der Waals surface area (Å²) in [6.07, 6.45) is 0.533. The lowest BCUT2D eigenvalue weighted by Crippen LogP contribution is -2.42. The molecule has 0 aliphatic heterocycles. The van der Waals surface area contributed by atoms with Crippen LogP contribution in [-0.2, 0) is 16.1 Å². The number of benzene rings is 2. The topological polar surface area (TPSA) is 55.4 Å². The zero-order chi connectivity index (χ0) is 18.2. The van der Waals surface area contributed by atoms with Gasteiger partial charge in [0, 0.05) is 5.56 Å². The fourth-order valence-corrected chi connectivity index (χ4v) is 2.46. The number of carbonyl (C=O) groups is 2. The average molecular weight is 339 g/mol. The van der Waals surface area contributed by atoms with Crippen LogP contribution in [0.2, 0.25) is 0 Å². The molecule has 0 heterocycles. The summed E-state index contributed by atoms with van der Waals surface area (Å²) >= 11 is 0. The van der Waals surface area contributed by atoms with Crippen LogP contribution in [0.25, 0.3) is 0 Å². The number of hydrogen-bond acceptors (Lipinski definition) is 3. The minimum atomic E-state index is -0.655. The second kappa shape index (κ2) is 9.02. The van der Waals surface area contributed by atoms with Gasteiger partial charge in [0.1, 0.15) is 12.6 Å². The maximum absolute atomic E-state index is 12.4. The van der Waals surface area contributed by atoms with Crippen LogP contribution in [0.4, 0.5) is 0 Å². The molecule has 132 valence electrons. The van der Waals surface area contributed by atoms with E-state index < -0.39 is 12.0 Å². The molecule has 0 fully saturated rings. The van der Waals surface area contributed by atoms with Gasteiger partial charge in [0.2, 0.25) is 0 Å². The van der Waals surface area contributed by atoms with Crippen molar-refractivity contribution in [3.63, 3.8) is 0 Å². The molecule has 2 rings (SSSR count). The highest BCUT2D eigenvalue weighted by molar-refractivity contribution is 5.96. The number of ether oxygens (including phenoxy) is 1. The molecule has 0 spiro atoms. The van der Waals surface area contributed by atoms with Gasteiger partial charge < -0.3 is 10.1 Å². The summed E-state index contributed by atoms with van der Waals surface area (Å²) in [6, 6.07) is 16.1. The number of aryl methyl sites for hydroxylation is 1. The van der Waals surface area contributed by atoms with E-state index in [1.165, 1.54) is 0 Å². The number of esters is 1. The lowest BCUT2D eigenvalue weighted by Gasteiger charge is -2.19. The molecule has 25 heavy (non-hydrogen) atoms. The van der Waals surface area contributed by atoms with Gasteiger partial charge in [0.25, 0.3) is 5.91 Å². The van der Waals surface area contributed by atoms with Gasteiger partial charge >= 0.3 is 5.97 Å². The lowest BCUT2D eigenvalue weighted by molar-refractivity contribution is -0.147. The van der Waals surface area contributed by atoms with Crippen LogP contribution < -0.4 is 5.32 Å². The number of amides is 1. The summed E-state index contributed by atoms with van der Waals surface area (Å²) in [5.41, 5.74) is 2.54. The maximum Gasteiger partial charge on any atom is 0.328 e. The minimum Gasteiger partial charge on any atom is -0.459 e. The highest BCUT2D eigenvalue weighted by Crippen LogP contribution is 2.10. The highest BCUT2D eigenvalue weighted by Gasteiger charge is 2.24. The summed E-state index contributed by atoms with van der Waals surface area (Å²) in [7, 11) is 0. The summed E-state index contributed by atoms with van der Waals surface area (Å²) in [6.45, 7) is 6.18. The normalized spacial score (nSPS) is 11.8. The molecule has 2 aromatic carbocycles. The third kappa shape index (κ3) is 6.07. The summed E-state index contributed by atoms with van der Waals surface area (Å²) < 4.78 is 5.39. The molecule has 0 aliphatic carbocycles. The molecule has 0 aromatic heterocycles. The Labute approximate surface area is 149 Å². The first kappa shape index (κ1) is 18.7. The van der Waals surface area contributed by atoms with Gasteiger partial charge in [-0.05, 0) is 37.0 Å². The zero-order valence-corrected chi connectivity index (χ0v) is 15.0. The van der Waals surface area contributed by atoms with Gasteiger partial charge in [0.15, 0.2) is 0 Å². The Morgan fingerprint density at radius 2 is 1.64 bits per heavy atom. The quantitative estimate of drug-likeness (QED) is 0.779. The fourth-order valence-electron chi connectivity index (χ4n) is 2.46. The van der Waals surface area contributed by atoms with E-state index >= 15 is 0 Å². The Morgan fingerprint density at radius 1 is 1.00 bits per heavy atom. The van der Waals surface area contributed by atoms with E-state index in [0.29, 0.717) is 12.0 Å². The highest BCUT2D eigenvalue weighted by atomic mass is 16.5. The Balaban J connectivity index is 2.00. The molecule has 1 amide bonds. The van der Waals surface area contributed by atoms with Crippen LogP contribution in [0.3, 0.4) is 0 Å². The van der Waals surface area contributed by atoms with E-state index in [2.05, 4.69) is 5.32 Å². The van der Waals surface area contributed by atoms with Gasteiger partial charge in [-0.25, -0.2) is 4.79 Å². The van der Waals surface area contributed by atoms with Gasteiger partial charge in [-0.15, -0.1) is 0 Å². The largest absolute Gasteiger partial charge is 0.459 e. The van der Waals surface area contributed by atoms with Crippen molar-refractivity contribution in [2.24, 2.45) is 5.92 Å². The SMILES string of the molecule is Cc1ccc(C(=O)NC(CC(C)C)C(=O)OCc2ccccc2)cc1. The molecule has 0 bridgehead atoms. The number of hydrogen-bond donors (Lipinski definition) is 1. The van der Waals surface area contributed by atoms with Crippen molar-refractivity contribution < 1.29 is 14.3 Å². The molecule has 0 aliphatic rings. The van der Waals surface area contributed by atoms with Crippen molar-refractivity contribution in [2.45, 2.75) is 39.8 Å². The van der Waals surface area contributed by atoms with Crippen molar-refractivity contribution in [2.75, 3.05) is 0 Å². The van der Waals surface area contributed by atoms with Gasteiger partial charge in [-0.3, -0.25) is 4.79 Å². The Bertz CT molecular complexity index is 693. The molecule has 0 saturated carbocycles. The third-order valence-electron chi connectivity index (χ3n) is 3.83. The molecule has 4 heteroatoms. The Hall–Kier alpha value is -2.62. The van der Waals surface area contributed by atoms with Crippen molar-refractivity contribution in [3.8, 4) is 0 Å². The van der Waals surface area contributed by atoms with Crippen LogP contribution in [-0.4, -0.2) is 17.9 Å². The molecule has 1 unspecified atom stereocenters. The van der Waals surface area contributed by atoms with Crippen molar-refractivity contribution >= 4 is 11.9 Å². The smallest absolute Gasteiger partial charge is 0.328 e. The summed E-state index contributed by atoms with van der Waals surface area (Å²) in [5.74, 6) is -0.409. The van der Waals surface area contributed by atoms with Gasteiger partial charge in [-0.1, -0.05) is 61.9 Å². The molecule has 2 aromatic rings. The fraction of sp³-hybridized carbons (Fsp3) is 0.333. The second-order valence-corrected chi connectivity index (χ2v) is 6.61. The molecular weight excluding hydrogens is 314 g/mol. The van der Waals surface area contributed by atoms with E-state index in [0.717, 1.165) is 11.1 Å². The standard InChI is InChI=1S/C21H25NO3/c1-15(2)13-19(21(24)25-14-17-7-5-4-6-8-17)22-20(23)18-11-9-16(3)10-12-18/h4-12,15,19H,13-14H2,1-3H3,(H,22,23). The molecule has 1 N–H and O–H groups in total. The van der Waals surface area contributed by atoms with E-state index in [1.807, 2.05) is 63.2 Å². The van der Waals surface area contributed by atoms with Crippen LogP contribution in [0.1, 0.15) is 41.8 Å². The van der Waals surface area contributed by atoms with Gasteiger partial charge in [0.05, 0.1) is 0 Å². The molecule has 4 nitrogen and oxygen atoms in total. The van der Waals surface area contributed by atoms with Crippen molar-refractivity contribution in [3.05, 3.63) is 71.3 Å². The first-order valence-electron chi connectivity index (χ1n) is 8.54. The minimum absolute atomic E-state index is 0.203. The van der Waals surface area contributed by atoms with E-state index in [9.17, 15) is 9.59 Å². The average Bonchev–Trinajstić information content (AvgIpc) is 2.60. The van der Waals surface area contributed by atoms with Crippen LogP contribution in [0, 0.1) is 12.8 Å². The number of rotatable bonds is 7. The predicted molar refractivity (Wildman–Crippen MR) is 98.1 cm³/mol. The summed E-state index contributed by atoms with van der Waals surface area (Å²) in [4.78, 5) is 24.8. The molecular formula is C21H25NO3. The zero-order valence-electron chi connectivity index (χ0n) is 15.0. The van der Waals surface area contributed by atoms with E-state index in [1.54, 1.807) is 12.1 Å². The molecule has 1 atom stereocenters. The lowest BCUT2D eigenvalue weighted by atomic mass is 10.0. The molecule has 0 saturated heterocycles. The number of carbonyl (C=O) groups excluding carboxylic acids is 2. The van der Waals surface area contributed by atoms with Crippen LogP contribution in [0.15, 0.2) is 54.6 Å². The van der Waals surface area contributed by atoms with E-state index in [-0.39, 0.29) is 18.4 Å². The van der Waals surface area contributed by atoms with Crippen LogP contribution in [0.5, 0.6) is 0 Å². The monoisotopic (exact) mass is 339 g/mol. The first-order chi connectivity index (χ1) is 12.0. The van der Waals surface area contributed by atoms with Crippen molar-refractivity contribution in [1.29, 1.82) is 0 Å². The molecule has 0 radical (unpaired) electrons. The maximum atomic E-state index is 12.4. The second-order valence-electron chi connectivity index (χ2n) is 6.61. The third-order valence-corrected chi connectivity index (χ3v) is 3.83. The first-order valence-corrected chi connectivity index (χ1v) is 8.54. The van der Waals surface area contributed by atoms with Crippen molar-refractivity contribution in [1.82, 2.24) is 5.32 Å². The Kier molecular flexibility index (Phi) is 6.75. The van der Waals surface area contributed by atoms with Crippen LogP contribution >= 0.6 is 0 Å². The predicted octanol–water partition coefficient (Wildman–Crippen LogP) is 3.88. The number of nitrogens with one attached hydrogen (secondary N) is 1. The van der Waals surface area contributed by atoms with E-state index in [4.69, 9.17) is 4.74 Å².